The van der Waals surface area contributed by atoms with Crippen molar-refractivity contribution in [2.24, 2.45) is 4.99 Å². The van der Waals surface area contributed by atoms with Crippen LogP contribution in [0.5, 0.6) is 5.75 Å². The Balaban J connectivity index is 1.51. The van der Waals surface area contributed by atoms with Gasteiger partial charge in [0.1, 0.15) is 11.3 Å². The number of hydrogen-bond donors (Lipinski definition) is 1. The molecule has 0 atom stereocenters. The maximum atomic E-state index is 10.5. The molecule has 1 aromatic heterocycles. The van der Waals surface area contributed by atoms with Gasteiger partial charge in [-0.25, -0.2) is 4.98 Å². The summed E-state index contributed by atoms with van der Waals surface area (Å²) in [6, 6.07) is 22.1. The third-order valence-electron chi connectivity index (χ3n) is 4.78. The van der Waals surface area contributed by atoms with Crippen molar-refractivity contribution >= 4 is 57.0 Å². The lowest BCUT2D eigenvalue weighted by molar-refractivity contribution is 0.475. The van der Waals surface area contributed by atoms with E-state index in [9.17, 15) is 5.11 Å². The molecule has 0 amide bonds. The molecule has 30 heavy (non-hydrogen) atoms. The van der Waals surface area contributed by atoms with Gasteiger partial charge in [-0.15, -0.1) is 0 Å². The minimum absolute atomic E-state index is 0.121. The van der Waals surface area contributed by atoms with Crippen LogP contribution in [0.1, 0.15) is 5.56 Å². The van der Waals surface area contributed by atoms with Crippen molar-refractivity contribution in [2.45, 2.75) is 0 Å². The van der Waals surface area contributed by atoms with E-state index in [1.54, 1.807) is 30.5 Å². The minimum atomic E-state index is 0.121. The van der Waals surface area contributed by atoms with E-state index in [2.05, 4.69) is 9.98 Å². The predicted molar refractivity (Wildman–Crippen MR) is 122 cm³/mol. The van der Waals surface area contributed by atoms with Crippen LogP contribution in [0, 0.1) is 0 Å². The van der Waals surface area contributed by atoms with Gasteiger partial charge < -0.3 is 9.52 Å². The Bertz CT molecular complexity index is 1440. The van der Waals surface area contributed by atoms with Crippen molar-refractivity contribution in [2.75, 3.05) is 0 Å². The van der Waals surface area contributed by atoms with Gasteiger partial charge in [-0.1, -0.05) is 53.5 Å². The van der Waals surface area contributed by atoms with Gasteiger partial charge >= 0.3 is 0 Å². The molecule has 4 aromatic carbocycles. The van der Waals surface area contributed by atoms with E-state index in [1.165, 1.54) is 0 Å². The van der Waals surface area contributed by atoms with Crippen LogP contribution in [-0.2, 0) is 0 Å². The summed E-state index contributed by atoms with van der Waals surface area (Å²) in [4.78, 5) is 9.03. The molecule has 0 radical (unpaired) electrons. The highest BCUT2D eigenvalue weighted by Crippen LogP contribution is 2.35. The van der Waals surface area contributed by atoms with Crippen LogP contribution in [0.4, 0.5) is 5.69 Å². The third-order valence-corrected chi connectivity index (χ3v) is 5.34. The smallest absolute Gasteiger partial charge is 0.231 e. The molecule has 4 nitrogen and oxygen atoms in total. The molecule has 0 fully saturated rings. The van der Waals surface area contributed by atoms with E-state index in [0.717, 1.165) is 16.3 Å². The standard InChI is InChI=1S/C24H14Cl2N2O2/c25-17-6-5-16(20(26)11-17)13-27-18-7-8-23-21(12-18)28-24(30-23)19-9-14-3-1-2-4-15(14)10-22(19)29/h1-13,29H. The topological polar surface area (TPSA) is 58.6 Å². The summed E-state index contributed by atoms with van der Waals surface area (Å²) in [5.41, 5.74) is 3.28. The van der Waals surface area contributed by atoms with Crippen LogP contribution in [-0.4, -0.2) is 16.3 Å². The number of benzene rings is 4. The third kappa shape index (κ3) is 3.52. The highest BCUT2D eigenvalue weighted by molar-refractivity contribution is 6.36. The molecule has 0 aliphatic carbocycles. The number of phenols is 1. The number of rotatable bonds is 3. The van der Waals surface area contributed by atoms with E-state index in [0.29, 0.717) is 38.3 Å². The zero-order valence-electron chi connectivity index (χ0n) is 15.5. The molecule has 1 heterocycles. The average molecular weight is 433 g/mol. The number of phenolic OH excluding ortho intramolecular Hbond substituents is 1. The summed E-state index contributed by atoms with van der Waals surface area (Å²) < 4.78 is 5.88. The summed E-state index contributed by atoms with van der Waals surface area (Å²) in [5, 5.41) is 13.5. The summed E-state index contributed by atoms with van der Waals surface area (Å²) in [7, 11) is 0. The molecular weight excluding hydrogens is 419 g/mol. The first-order chi connectivity index (χ1) is 14.6. The summed E-state index contributed by atoms with van der Waals surface area (Å²) in [6.07, 6.45) is 1.68. The number of hydrogen-bond acceptors (Lipinski definition) is 4. The molecule has 0 bridgehead atoms. The van der Waals surface area contributed by atoms with Gasteiger partial charge in [-0.05, 0) is 53.2 Å². The molecule has 5 rings (SSSR count). The van der Waals surface area contributed by atoms with Crippen molar-refractivity contribution in [3.05, 3.63) is 88.4 Å². The van der Waals surface area contributed by atoms with Crippen molar-refractivity contribution in [1.29, 1.82) is 0 Å². The molecule has 146 valence electrons. The predicted octanol–water partition coefficient (Wildman–Crippen LogP) is 7.41. The first kappa shape index (κ1) is 18.7. The molecule has 0 aliphatic heterocycles. The van der Waals surface area contributed by atoms with E-state index < -0.39 is 0 Å². The van der Waals surface area contributed by atoms with Gasteiger partial charge in [0.2, 0.25) is 5.89 Å². The van der Waals surface area contributed by atoms with Crippen LogP contribution in [0.15, 0.2) is 82.2 Å². The van der Waals surface area contributed by atoms with Crippen LogP contribution >= 0.6 is 23.2 Å². The zero-order valence-corrected chi connectivity index (χ0v) is 17.0. The van der Waals surface area contributed by atoms with Gasteiger partial charge in [0.25, 0.3) is 0 Å². The van der Waals surface area contributed by atoms with Crippen LogP contribution < -0.4 is 0 Å². The number of aromatic hydroxyl groups is 1. The Morgan fingerprint density at radius 2 is 1.70 bits per heavy atom. The number of halogens is 2. The molecule has 0 saturated heterocycles. The van der Waals surface area contributed by atoms with Crippen molar-refractivity contribution < 1.29 is 9.52 Å². The lowest BCUT2D eigenvalue weighted by Gasteiger charge is -2.03. The lowest BCUT2D eigenvalue weighted by atomic mass is 10.1. The maximum absolute atomic E-state index is 10.5. The fraction of sp³-hybridized carbons (Fsp3) is 0. The normalized spacial score (nSPS) is 11.7. The Hall–Kier alpha value is -3.34. The molecule has 0 spiro atoms. The Kier molecular flexibility index (Phi) is 4.66. The monoisotopic (exact) mass is 432 g/mol. The molecule has 0 aliphatic rings. The van der Waals surface area contributed by atoms with Gasteiger partial charge in [-0.3, -0.25) is 4.99 Å². The Labute approximate surface area is 182 Å². The zero-order chi connectivity index (χ0) is 20.7. The van der Waals surface area contributed by atoms with Crippen LogP contribution in [0.3, 0.4) is 0 Å². The quantitative estimate of drug-likeness (QED) is 0.302. The van der Waals surface area contributed by atoms with Crippen LogP contribution in [0.2, 0.25) is 10.0 Å². The number of oxazole rings is 1. The van der Waals surface area contributed by atoms with E-state index in [1.807, 2.05) is 48.5 Å². The van der Waals surface area contributed by atoms with E-state index in [-0.39, 0.29) is 5.75 Å². The number of aromatic nitrogens is 1. The molecule has 1 N–H and O–H groups in total. The van der Waals surface area contributed by atoms with Crippen LogP contribution in [0.25, 0.3) is 33.3 Å². The summed E-state index contributed by atoms with van der Waals surface area (Å²) >= 11 is 12.1. The largest absolute Gasteiger partial charge is 0.507 e. The second kappa shape index (κ2) is 7.48. The number of nitrogens with zero attached hydrogens (tertiary/aromatic N) is 2. The first-order valence-electron chi connectivity index (χ1n) is 9.19. The Morgan fingerprint density at radius 1 is 0.900 bits per heavy atom. The molecule has 0 unspecified atom stereocenters. The van der Waals surface area contributed by atoms with Gasteiger partial charge in [0, 0.05) is 16.8 Å². The summed E-state index contributed by atoms with van der Waals surface area (Å²) in [5.74, 6) is 0.478. The van der Waals surface area contributed by atoms with Crippen molar-refractivity contribution in [1.82, 2.24) is 4.98 Å². The SMILES string of the molecule is Oc1cc2ccccc2cc1-c1nc2cc(N=Cc3ccc(Cl)cc3Cl)ccc2o1. The Morgan fingerprint density at radius 3 is 2.50 bits per heavy atom. The maximum Gasteiger partial charge on any atom is 0.231 e. The average Bonchev–Trinajstić information content (AvgIpc) is 3.15. The van der Waals surface area contributed by atoms with Crippen molar-refractivity contribution in [3.8, 4) is 17.2 Å². The second-order valence-corrected chi connectivity index (χ2v) is 7.66. The highest BCUT2D eigenvalue weighted by Gasteiger charge is 2.14. The van der Waals surface area contributed by atoms with E-state index in [4.69, 9.17) is 27.6 Å². The van der Waals surface area contributed by atoms with Crippen molar-refractivity contribution in [3.63, 3.8) is 0 Å². The minimum Gasteiger partial charge on any atom is -0.507 e. The fourth-order valence-corrected chi connectivity index (χ4v) is 3.72. The van der Waals surface area contributed by atoms with Gasteiger partial charge in [-0.2, -0.15) is 0 Å². The highest BCUT2D eigenvalue weighted by atomic mass is 35.5. The van der Waals surface area contributed by atoms with E-state index >= 15 is 0 Å². The summed E-state index contributed by atoms with van der Waals surface area (Å²) in [6.45, 7) is 0. The molecule has 6 heteroatoms. The number of fused-ring (bicyclic) bond motifs is 2. The van der Waals surface area contributed by atoms with Gasteiger partial charge in [0.05, 0.1) is 16.3 Å². The van der Waals surface area contributed by atoms with Gasteiger partial charge in [0.15, 0.2) is 5.58 Å². The first-order valence-corrected chi connectivity index (χ1v) is 9.94. The molecule has 5 aromatic rings. The molecular formula is C24H14Cl2N2O2. The second-order valence-electron chi connectivity index (χ2n) is 6.81. The fourth-order valence-electron chi connectivity index (χ4n) is 3.26. The number of aliphatic imine (C=N–C) groups is 1. The molecule has 0 saturated carbocycles. The lowest BCUT2D eigenvalue weighted by Crippen LogP contribution is -1.82.